The molecule has 0 unspecified atom stereocenters. The van der Waals surface area contributed by atoms with Gasteiger partial charge >= 0.3 is 5.97 Å². The van der Waals surface area contributed by atoms with Gasteiger partial charge in [-0.05, 0) is 30.3 Å². The number of amides is 1. The van der Waals surface area contributed by atoms with Gasteiger partial charge in [0.1, 0.15) is 0 Å². The molecule has 0 atom stereocenters. The highest BCUT2D eigenvalue weighted by atomic mass is 32.2. The molecule has 0 bridgehead atoms. The number of benzene rings is 2. The van der Waals surface area contributed by atoms with Crippen molar-refractivity contribution in [2.45, 2.75) is 4.90 Å². The molecule has 1 aliphatic rings. The van der Waals surface area contributed by atoms with E-state index in [1.165, 1.54) is 6.07 Å². The van der Waals surface area contributed by atoms with Crippen LogP contribution < -0.4 is 14.8 Å². The Morgan fingerprint density at radius 3 is 2.85 bits per heavy atom. The Labute approximate surface area is 155 Å². The quantitative estimate of drug-likeness (QED) is 0.456. The van der Waals surface area contributed by atoms with Crippen LogP contribution in [0.1, 0.15) is 10.4 Å². The van der Waals surface area contributed by atoms with Crippen LogP contribution in [-0.4, -0.2) is 31.0 Å². The molecule has 6 nitrogen and oxygen atoms in total. The highest BCUT2D eigenvalue weighted by Crippen LogP contribution is 2.32. The van der Waals surface area contributed by atoms with E-state index in [2.05, 4.69) is 11.9 Å². The molecule has 0 spiro atoms. The number of rotatable bonds is 7. The van der Waals surface area contributed by atoms with Crippen molar-refractivity contribution in [2.24, 2.45) is 0 Å². The topological polar surface area (TPSA) is 73.9 Å². The Balaban J connectivity index is 1.56. The highest BCUT2D eigenvalue weighted by Gasteiger charge is 2.18. The summed E-state index contributed by atoms with van der Waals surface area (Å²) in [5.41, 5.74) is 0.965. The van der Waals surface area contributed by atoms with E-state index in [4.69, 9.17) is 14.2 Å². The largest absolute Gasteiger partial charge is 0.454 e. The summed E-state index contributed by atoms with van der Waals surface area (Å²) in [7, 11) is 0. The zero-order chi connectivity index (χ0) is 18.4. The predicted octanol–water partition coefficient (Wildman–Crippen LogP) is 3.49. The molecule has 1 heterocycles. The molecule has 7 heteroatoms. The van der Waals surface area contributed by atoms with Crippen molar-refractivity contribution >= 4 is 29.3 Å². The summed E-state index contributed by atoms with van der Waals surface area (Å²) in [4.78, 5) is 25.1. The number of thioether (sulfide) groups is 1. The number of nitrogens with one attached hydrogen (secondary N) is 1. The molecule has 0 fully saturated rings. The van der Waals surface area contributed by atoms with Gasteiger partial charge in [-0.3, -0.25) is 4.79 Å². The smallest absolute Gasteiger partial charge is 0.338 e. The molecule has 134 valence electrons. The Morgan fingerprint density at radius 2 is 2.00 bits per heavy atom. The number of hydrogen-bond acceptors (Lipinski definition) is 6. The van der Waals surface area contributed by atoms with E-state index in [1.807, 2.05) is 18.2 Å². The van der Waals surface area contributed by atoms with Gasteiger partial charge in [0.05, 0.1) is 11.3 Å². The van der Waals surface area contributed by atoms with Crippen molar-refractivity contribution in [3.05, 3.63) is 60.7 Å². The van der Waals surface area contributed by atoms with Gasteiger partial charge in [0.2, 0.25) is 6.79 Å². The van der Waals surface area contributed by atoms with Gasteiger partial charge in [-0.25, -0.2) is 4.79 Å². The van der Waals surface area contributed by atoms with Gasteiger partial charge in [0.15, 0.2) is 18.1 Å². The standard InChI is InChI=1S/C19H17NO5S/c1-2-9-26-17-6-4-3-5-14(17)20-18(21)11-23-19(22)13-7-8-15-16(10-13)25-12-24-15/h2-8,10H,1,9,11-12H2,(H,20,21). The molecule has 26 heavy (non-hydrogen) atoms. The molecule has 2 aromatic carbocycles. The minimum Gasteiger partial charge on any atom is -0.454 e. The van der Waals surface area contributed by atoms with Crippen LogP contribution in [0.15, 0.2) is 60.0 Å². The minimum absolute atomic E-state index is 0.125. The van der Waals surface area contributed by atoms with Crippen LogP contribution in [0.2, 0.25) is 0 Å². The number of carbonyl (C=O) groups excluding carboxylic acids is 2. The average molecular weight is 371 g/mol. The monoisotopic (exact) mass is 371 g/mol. The van der Waals surface area contributed by atoms with Gasteiger partial charge in [-0.1, -0.05) is 18.2 Å². The molecule has 3 rings (SSSR count). The SMILES string of the molecule is C=CCSc1ccccc1NC(=O)COC(=O)c1ccc2c(c1)OCO2. The second-order valence-electron chi connectivity index (χ2n) is 5.29. The number of esters is 1. The summed E-state index contributed by atoms with van der Waals surface area (Å²) in [6, 6.07) is 12.1. The van der Waals surface area contributed by atoms with Gasteiger partial charge in [-0.15, -0.1) is 18.3 Å². The Kier molecular flexibility index (Phi) is 5.80. The lowest BCUT2D eigenvalue weighted by Crippen LogP contribution is -2.21. The molecule has 0 saturated heterocycles. The molecule has 0 saturated carbocycles. The van der Waals surface area contributed by atoms with Gasteiger partial charge < -0.3 is 19.5 Å². The van der Waals surface area contributed by atoms with Crippen molar-refractivity contribution in [3.63, 3.8) is 0 Å². The molecular weight excluding hydrogens is 354 g/mol. The number of fused-ring (bicyclic) bond motifs is 1. The fourth-order valence-electron chi connectivity index (χ4n) is 2.27. The third-order valence-electron chi connectivity index (χ3n) is 3.46. The first-order valence-corrected chi connectivity index (χ1v) is 8.85. The van der Waals surface area contributed by atoms with E-state index in [-0.39, 0.29) is 13.4 Å². The first-order valence-electron chi connectivity index (χ1n) is 7.86. The van der Waals surface area contributed by atoms with E-state index in [9.17, 15) is 9.59 Å². The maximum Gasteiger partial charge on any atom is 0.338 e. The lowest BCUT2D eigenvalue weighted by Gasteiger charge is -2.10. The van der Waals surface area contributed by atoms with Crippen molar-refractivity contribution in [2.75, 3.05) is 24.5 Å². The Morgan fingerprint density at radius 1 is 1.19 bits per heavy atom. The fourth-order valence-corrected chi connectivity index (χ4v) is 3.02. The zero-order valence-electron chi connectivity index (χ0n) is 13.9. The van der Waals surface area contributed by atoms with Crippen LogP contribution in [0.25, 0.3) is 0 Å². The van der Waals surface area contributed by atoms with Crippen molar-refractivity contribution in [3.8, 4) is 11.5 Å². The van der Waals surface area contributed by atoms with Crippen LogP contribution in [0.5, 0.6) is 11.5 Å². The normalized spacial score (nSPS) is 11.7. The summed E-state index contributed by atoms with van der Waals surface area (Å²) in [6.07, 6.45) is 1.79. The van der Waals surface area contributed by atoms with Crippen molar-refractivity contribution < 1.29 is 23.8 Å². The van der Waals surface area contributed by atoms with E-state index in [0.717, 1.165) is 10.6 Å². The molecule has 2 aromatic rings. The predicted molar refractivity (Wildman–Crippen MR) is 98.8 cm³/mol. The Bertz CT molecular complexity index is 836. The lowest BCUT2D eigenvalue weighted by molar-refractivity contribution is -0.119. The van der Waals surface area contributed by atoms with Crippen LogP contribution >= 0.6 is 11.8 Å². The summed E-state index contributed by atoms with van der Waals surface area (Å²) in [6.45, 7) is 3.43. The molecule has 1 aliphatic heterocycles. The molecule has 0 radical (unpaired) electrons. The number of hydrogen-bond donors (Lipinski definition) is 1. The van der Waals surface area contributed by atoms with E-state index in [0.29, 0.717) is 22.7 Å². The van der Waals surface area contributed by atoms with Gasteiger partial charge in [0, 0.05) is 10.6 Å². The zero-order valence-corrected chi connectivity index (χ0v) is 14.7. The summed E-state index contributed by atoms with van der Waals surface area (Å²) >= 11 is 1.56. The second kappa shape index (κ2) is 8.44. The number of ether oxygens (including phenoxy) is 3. The number of anilines is 1. The highest BCUT2D eigenvalue weighted by molar-refractivity contribution is 7.99. The summed E-state index contributed by atoms with van der Waals surface area (Å²) in [5.74, 6) is 0.773. The van der Waals surface area contributed by atoms with Gasteiger partial charge in [0.25, 0.3) is 5.91 Å². The number of carbonyl (C=O) groups is 2. The van der Waals surface area contributed by atoms with Crippen molar-refractivity contribution in [1.29, 1.82) is 0 Å². The summed E-state index contributed by atoms with van der Waals surface area (Å²) in [5, 5.41) is 2.75. The summed E-state index contributed by atoms with van der Waals surface area (Å²) < 4.78 is 15.5. The van der Waals surface area contributed by atoms with Crippen LogP contribution in [0.4, 0.5) is 5.69 Å². The first-order chi connectivity index (χ1) is 12.7. The van der Waals surface area contributed by atoms with E-state index < -0.39 is 11.9 Å². The van der Waals surface area contributed by atoms with Crippen LogP contribution in [-0.2, 0) is 9.53 Å². The molecular formula is C19H17NO5S. The van der Waals surface area contributed by atoms with Crippen LogP contribution in [0.3, 0.4) is 0 Å². The number of para-hydroxylation sites is 1. The average Bonchev–Trinajstić information content (AvgIpc) is 3.13. The van der Waals surface area contributed by atoms with Gasteiger partial charge in [-0.2, -0.15) is 0 Å². The first kappa shape index (κ1) is 17.9. The van der Waals surface area contributed by atoms with Crippen molar-refractivity contribution in [1.82, 2.24) is 0 Å². The minimum atomic E-state index is -0.604. The van der Waals surface area contributed by atoms with Crippen LogP contribution in [0, 0.1) is 0 Å². The molecule has 0 aromatic heterocycles. The van der Waals surface area contributed by atoms with E-state index >= 15 is 0 Å². The third-order valence-corrected chi connectivity index (χ3v) is 4.53. The molecule has 1 amide bonds. The fraction of sp³-hybridized carbons (Fsp3) is 0.158. The molecule has 0 aliphatic carbocycles. The third kappa shape index (κ3) is 4.37. The maximum absolute atomic E-state index is 12.1. The molecule has 1 N–H and O–H groups in total. The lowest BCUT2D eigenvalue weighted by atomic mass is 10.2. The Hall–Kier alpha value is -2.93. The maximum atomic E-state index is 12.1. The van der Waals surface area contributed by atoms with E-state index in [1.54, 1.807) is 36.0 Å². The second-order valence-corrected chi connectivity index (χ2v) is 6.35.